The summed E-state index contributed by atoms with van der Waals surface area (Å²) in [4.78, 5) is 1.98. The molecule has 3 rings (SSSR count). The van der Waals surface area contributed by atoms with Gasteiger partial charge in [-0.2, -0.15) is 0 Å². The molecule has 134 valence electrons. The van der Waals surface area contributed by atoms with Gasteiger partial charge in [0.2, 0.25) is 0 Å². The number of hydrogen-bond acceptors (Lipinski definition) is 4. The Morgan fingerprint density at radius 2 is 1.46 bits per heavy atom. The summed E-state index contributed by atoms with van der Waals surface area (Å²) < 4.78 is 23.4. The maximum absolute atomic E-state index is 12.1. The molecule has 0 aliphatic heterocycles. The second kappa shape index (κ2) is 7.47. The molecule has 3 aromatic carbocycles. The molecule has 26 heavy (non-hydrogen) atoms. The van der Waals surface area contributed by atoms with Crippen LogP contribution in [0.1, 0.15) is 0 Å². The minimum Gasteiger partial charge on any atom is -0.423 e. The molecule has 0 fully saturated rings. The quantitative estimate of drug-likeness (QED) is 0.472. The van der Waals surface area contributed by atoms with Crippen molar-refractivity contribution >= 4 is 51.7 Å². The number of rotatable bonds is 5. The predicted molar refractivity (Wildman–Crippen MR) is 107 cm³/mol. The van der Waals surface area contributed by atoms with E-state index >= 15 is 0 Å². The second-order valence-electron chi connectivity index (χ2n) is 6.04. The van der Waals surface area contributed by atoms with E-state index in [-0.39, 0.29) is 5.46 Å². The summed E-state index contributed by atoms with van der Waals surface area (Å²) in [6.07, 6.45) is 0. The predicted octanol–water partition coefficient (Wildman–Crippen LogP) is 1.86. The second-order valence-corrected chi connectivity index (χ2v) is 6.86. The highest BCUT2D eigenvalue weighted by Gasteiger charge is 2.20. The Kier molecular flexibility index (Phi) is 5.29. The van der Waals surface area contributed by atoms with Crippen LogP contribution in [0, 0.1) is 0 Å². The fourth-order valence-corrected chi connectivity index (χ4v) is 3.59. The van der Waals surface area contributed by atoms with Crippen molar-refractivity contribution in [2.75, 3.05) is 23.3 Å². The Bertz CT molecular complexity index is 965. The van der Waals surface area contributed by atoms with Gasteiger partial charge in [-0.05, 0) is 29.7 Å². The first-order valence-corrected chi connectivity index (χ1v) is 9.03. The van der Waals surface area contributed by atoms with Gasteiger partial charge in [-0.3, -0.25) is 4.55 Å². The highest BCUT2D eigenvalue weighted by Crippen LogP contribution is 2.36. The van der Waals surface area contributed by atoms with Gasteiger partial charge in [-0.15, -0.1) is 0 Å². The molecule has 3 aromatic rings. The zero-order chi connectivity index (χ0) is 18.8. The number of anilines is 3. The van der Waals surface area contributed by atoms with Crippen LogP contribution in [0.2, 0.25) is 0 Å². The third-order valence-electron chi connectivity index (χ3n) is 4.14. The molecule has 6 nitrogen and oxygen atoms in total. The van der Waals surface area contributed by atoms with Gasteiger partial charge in [-0.1, -0.05) is 36.4 Å². The standard InChI is InChI=1S/C18H19BN2O4S/c1-20(2)17-10-4-9-16-15(17)8-5-11-18(16)21(26(24)25)14-7-3-6-13(12-14)19(22)23/h3-12,22-23H,1-2H3,(H,24,25). The van der Waals surface area contributed by atoms with Crippen molar-refractivity contribution < 1.29 is 18.8 Å². The van der Waals surface area contributed by atoms with E-state index in [0.717, 1.165) is 16.5 Å². The molecule has 0 heterocycles. The maximum Gasteiger partial charge on any atom is 0.488 e. The Morgan fingerprint density at radius 3 is 2.04 bits per heavy atom. The molecule has 0 amide bonds. The van der Waals surface area contributed by atoms with Crippen molar-refractivity contribution in [2.45, 2.75) is 0 Å². The summed E-state index contributed by atoms with van der Waals surface area (Å²) in [5.74, 6) is 0. The lowest BCUT2D eigenvalue weighted by Gasteiger charge is -2.24. The molecule has 3 N–H and O–H groups in total. The molecule has 8 heteroatoms. The van der Waals surface area contributed by atoms with E-state index in [1.54, 1.807) is 24.3 Å². The molecule has 1 atom stereocenters. The summed E-state index contributed by atoms with van der Waals surface area (Å²) in [6.45, 7) is 0. The van der Waals surface area contributed by atoms with Gasteiger partial charge in [0.15, 0.2) is 0 Å². The Morgan fingerprint density at radius 1 is 0.885 bits per heavy atom. The monoisotopic (exact) mass is 370 g/mol. The average molecular weight is 370 g/mol. The average Bonchev–Trinajstić information content (AvgIpc) is 2.61. The van der Waals surface area contributed by atoms with Crippen molar-refractivity contribution in [3.05, 3.63) is 60.7 Å². The van der Waals surface area contributed by atoms with Gasteiger partial charge in [0.05, 0.1) is 11.4 Å². The first kappa shape index (κ1) is 18.4. The Balaban J connectivity index is 2.23. The molecule has 0 saturated heterocycles. The first-order chi connectivity index (χ1) is 12.4. The van der Waals surface area contributed by atoms with Crippen molar-refractivity contribution in [1.29, 1.82) is 0 Å². The fourth-order valence-electron chi connectivity index (χ4n) is 2.97. The van der Waals surface area contributed by atoms with E-state index in [1.807, 2.05) is 49.3 Å². The van der Waals surface area contributed by atoms with Crippen molar-refractivity contribution in [3.8, 4) is 0 Å². The molecule has 0 aliphatic carbocycles. The first-order valence-electron chi connectivity index (χ1n) is 7.96. The SMILES string of the molecule is CN(C)c1cccc2c(N(c3cccc(B(O)O)c3)S(=O)O)cccc12. The van der Waals surface area contributed by atoms with Gasteiger partial charge in [0, 0.05) is 30.6 Å². The van der Waals surface area contributed by atoms with Crippen LogP contribution in [0.15, 0.2) is 60.7 Å². The lowest BCUT2D eigenvalue weighted by atomic mass is 9.80. The molecule has 0 radical (unpaired) electrons. The van der Waals surface area contributed by atoms with Crippen LogP contribution in [-0.2, 0) is 11.3 Å². The van der Waals surface area contributed by atoms with Gasteiger partial charge in [-0.25, -0.2) is 8.51 Å². The van der Waals surface area contributed by atoms with E-state index in [9.17, 15) is 18.8 Å². The highest BCUT2D eigenvalue weighted by atomic mass is 32.2. The smallest absolute Gasteiger partial charge is 0.423 e. The molecule has 0 saturated carbocycles. The molecule has 0 aromatic heterocycles. The highest BCUT2D eigenvalue weighted by molar-refractivity contribution is 7.81. The Hall–Kier alpha value is -2.39. The molecule has 0 aliphatic rings. The zero-order valence-electron chi connectivity index (χ0n) is 14.4. The molecular formula is C18H19BN2O4S. The largest absolute Gasteiger partial charge is 0.488 e. The van der Waals surface area contributed by atoms with E-state index in [4.69, 9.17) is 0 Å². The molecule has 1 unspecified atom stereocenters. The van der Waals surface area contributed by atoms with Gasteiger partial charge < -0.3 is 14.9 Å². The minimum absolute atomic E-state index is 0.243. The molecule has 0 spiro atoms. The van der Waals surface area contributed by atoms with Gasteiger partial charge in [0.25, 0.3) is 11.3 Å². The van der Waals surface area contributed by atoms with Crippen LogP contribution in [0.3, 0.4) is 0 Å². The topological polar surface area (TPSA) is 84.2 Å². The minimum atomic E-state index is -2.34. The lowest BCUT2D eigenvalue weighted by molar-refractivity contribution is 0.426. The van der Waals surface area contributed by atoms with Crippen molar-refractivity contribution in [1.82, 2.24) is 0 Å². The lowest BCUT2D eigenvalue weighted by Crippen LogP contribution is -2.31. The summed E-state index contributed by atoms with van der Waals surface area (Å²) in [5, 5.41) is 20.6. The van der Waals surface area contributed by atoms with Crippen LogP contribution in [0.5, 0.6) is 0 Å². The van der Waals surface area contributed by atoms with Crippen LogP contribution < -0.4 is 14.7 Å². The number of nitrogens with zero attached hydrogens (tertiary/aromatic N) is 2. The van der Waals surface area contributed by atoms with Crippen LogP contribution in [0.4, 0.5) is 17.1 Å². The summed E-state index contributed by atoms with van der Waals surface area (Å²) in [7, 11) is 2.22. The van der Waals surface area contributed by atoms with Gasteiger partial charge >= 0.3 is 7.12 Å². The van der Waals surface area contributed by atoms with Crippen molar-refractivity contribution in [3.63, 3.8) is 0 Å². The zero-order valence-corrected chi connectivity index (χ0v) is 15.2. The summed E-state index contributed by atoms with van der Waals surface area (Å²) >= 11 is -2.34. The Labute approximate surface area is 154 Å². The van der Waals surface area contributed by atoms with Crippen LogP contribution in [-0.4, -0.2) is 40.0 Å². The van der Waals surface area contributed by atoms with E-state index < -0.39 is 18.4 Å². The van der Waals surface area contributed by atoms with Crippen molar-refractivity contribution in [2.24, 2.45) is 0 Å². The van der Waals surface area contributed by atoms with Crippen LogP contribution in [0.25, 0.3) is 10.8 Å². The van der Waals surface area contributed by atoms with E-state index in [0.29, 0.717) is 11.4 Å². The van der Waals surface area contributed by atoms with E-state index in [1.165, 1.54) is 10.4 Å². The van der Waals surface area contributed by atoms with Gasteiger partial charge in [0.1, 0.15) is 0 Å². The third-order valence-corrected chi connectivity index (χ3v) is 4.86. The fraction of sp³-hybridized carbons (Fsp3) is 0.111. The molecular weight excluding hydrogens is 351 g/mol. The summed E-state index contributed by atoms with van der Waals surface area (Å²) in [6, 6.07) is 17.6. The number of benzene rings is 3. The molecule has 0 bridgehead atoms. The number of fused-ring (bicyclic) bond motifs is 1. The normalized spacial score (nSPS) is 12.0. The van der Waals surface area contributed by atoms with Crippen LogP contribution >= 0.6 is 0 Å². The summed E-state index contributed by atoms with van der Waals surface area (Å²) in [5.41, 5.74) is 2.18. The third kappa shape index (κ3) is 3.45. The van der Waals surface area contributed by atoms with E-state index in [2.05, 4.69) is 0 Å². The maximum atomic E-state index is 12.1. The number of hydrogen-bond donors (Lipinski definition) is 3.